The van der Waals surface area contributed by atoms with Gasteiger partial charge in [-0.2, -0.15) is 0 Å². The van der Waals surface area contributed by atoms with E-state index in [4.69, 9.17) is 0 Å². The third kappa shape index (κ3) is 2.72. The molecule has 2 nitrogen and oxygen atoms in total. The zero-order valence-electron chi connectivity index (χ0n) is 9.88. The van der Waals surface area contributed by atoms with Crippen LogP contribution >= 0.6 is 0 Å². The molecule has 2 N–H and O–H groups in total. The first-order chi connectivity index (χ1) is 7.16. The molecule has 15 heavy (non-hydrogen) atoms. The highest BCUT2D eigenvalue weighted by Crippen LogP contribution is 2.31. The van der Waals surface area contributed by atoms with Gasteiger partial charge in [-0.05, 0) is 30.5 Å². The molecule has 2 heteroatoms. The lowest BCUT2D eigenvalue weighted by Crippen LogP contribution is -2.24. The Morgan fingerprint density at radius 3 is 2.60 bits per heavy atom. The average Bonchev–Trinajstić information content (AvgIpc) is 2.29. The van der Waals surface area contributed by atoms with Crippen molar-refractivity contribution in [3.05, 3.63) is 29.8 Å². The second kappa shape index (κ2) is 5.17. The molecular formula is C13H21NO. The van der Waals surface area contributed by atoms with Gasteiger partial charge in [0.15, 0.2) is 0 Å². The van der Waals surface area contributed by atoms with Crippen LogP contribution in [0.2, 0.25) is 0 Å². The van der Waals surface area contributed by atoms with E-state index in [1.54, 1.807) is 0 Å². The Labute approximate surface area is 92.3 Å². The van der Waals surface area contributed by atoms with Gasteiger partial charge in [-0.3, -0.25) is 0 Å². The zero-order valence-corrected chi connectivity index (χ0v) is 9.88. The van der Waals surface area contributed by atoms with Crippen molar-refractivity contribution in [2.75, 3.05) is 12.4 Å². The predicted octanol–water partition coefficient (Wildman–Crippen LogP) is 3.13. The molecule has 0 heterocycles. The molecule has 0 saturated heterocycles. The van der Waals surface area contributed by atoms with Gasteiger partial charge in [0.2, 0.25) is 0 Å². The highest BCUT2D eigenvalue weighted by molar-refractivity contribution is 5.46. The molecule has 0 aromatic heterocycles. The predicted molar refractivity (Wildman–Crippen MR) is 65.1 cm³/mol. The van der Waals surface area contributed by atoms with E-state index in [0.717, 1.165) is 30.5 Å². The van der Waals surface area contributed by atoms with Crippen LogP contribution in [-0.4, -0.2) is 12.2 Å². The smallest absolute Gasteiger partial charge is 0.0894 e. The minimum Gasteiger partial charge on any atom is -0.388 e. The van der Waals surface area contributed by atoms with E-state index < -0.39 is 5.60 Å². The molecule has 1 atom stereocenters. The molecule has 0 amide bonds. The fourth-order valence-electron chi connectivity index (χ4n) is 1.90. The Kier molecular flexibility index (Phi) is 4.15. The molecule has 0 saturated carbocycles. The van der Waals surface area contributed by atoms with Gasteiger partial charge in [-0.1, -0.05) is 32.4 Å². The molecule has 0 radical (unpaired) electrons. The number of hydrogen-bond acceptors (Lipinski definition) is 2. The molecule has 0 fully saturated rings. The van der Waals surface area contributed by atoms with Crippen LogP contribution in [0, 0.1) is 0 Å². The Balaban J connectivity index is 3.00. The van der Waals surface area contributed by atoms with E-state index >= 15 is 0 Å². The van der Waals surface area contributed by atoms with Crippen molar-refractivity contribution in [2.45, 2.75) is 38.7 Å². The second-order valence-corrected chi connectivity index (χ2v) is 3.97. The van der Waals surface area contributed by atoms with Crippen molar-refractivity contribution in [2.24, 2.45) is 0 Å². The summed E-state index contributed by atoms with van der Waals surface area (Å²) in [7, 11) is 1.89. The molecular weight excluding hydrogens is 186 g/mol. The molecule has 1 rings (SSSR count). The third-order valence-electron chi connectivity index (χ3n) is 2.94. The number of aliphatic hydroxyl groups is 1. The fraction of sp³-hybridized carbons (Fsp3) is 0.538. The molecule has 1 aromatic rings. The van der Waals surface area contributed by atoms with Crippen molar-refractivity contribution < 1.29 is 5.11 Å². The van der Waals surface area contributed by atoms with E-state index in [0.29, 0.717) is 0 Å². The molecule has 1 unspecified atom stereocenters. The summed E-state index contributed by atoms with van der Waals surface area (Å²) in [6, 6.07) is 8.02. The molecule has 0 aliphatic carbocycles. The number of hydrogen-bond donors (Lipinski definition) is 2. The van der Waals surface area contributed by atoms with Crippen molar-refractivity contribution in [3.63, 3.8) is 0 Å². The zero-order chi connectivity index (χ0) is 11.3. The van der Waals surface area contributed by atoms with Crippen molar-refractivity contribution in [1.82, 2.24) is 0 Å². The Morgan fingerprint density at radius 1 is 1.33 bits per heavy atom. The fourth-order valence-corrected chi connectivity index (χ4v) is 1.90. The van der Waals surface area contributed by atoms with Crippen molar-refractivity contribution in [1.29, 1.82) is 0 Å². The molecule has 0 spiro atoms. The van der Waals surface area contributed by atoms with Crippen molar-refractivity contribution >= 4 is 5.69 Å². The van der Waals surface area contributed by atoms with Gasteiger partial charge in [0, 0.05) is 12.7 Å². The summed E-state index contributed by atoms with van der Waals surface area (Å²) < 4.78 is 0. The van der Waals surface area contributed by atoms with E-state index in [2.05, 4.69) is 12.2 Å². The Morgan fingerprint density at radius 2 is 2.07 bits per heavy atom. The maximum Gasteiger partial charge on any atom is 0.0894 e. The minimum atomic E-state index is -0.665. The number of rotatable bonds is 5. The van der Waals surface area contributed by atoms with Gasteiger partial charge >= 0.3 is 0 Å². The largest absolute Gasteiger partial charge is 0.388 e. The quantitative estimate of drug-likeness (QED) is 0.777. The van der Waals surface area contributed by atoms with Gasteiger partial charge in [-0.15, -0.1) is 0 Å². The third-order valence-corrected chi connectivity index (χ3v) is 2.94. The van der Waals surface area contributed by atoms with Gasteiger partial charge < -0.3 is 10.4 Å². The summed E-state index contributed by atoms with van der Waals surface area (Å²) >= 11 is 0. The van der Waals surface area contributed by atoms with Crippen LogP contribution in [0.25, 0.3) is 0 Å². The first-order valence-corrected chi connectivity index (χ1v) is 5.67. The second-order valence-electron chi connectivity index (χ2n) is 3.97. The van der Waals surface area contributed by atoms with E-state index in [1.165, 1.54) is 0 Å². The lowest BCUT2D eigenvalue weighted by molar-refractivity contribution is 0.0227. The first-order valence-electron chi connectivity index (χ1n) is 5.67. The Hall–Kier alpha value is -1.02. The molecule has 0 aliphatic rings. The van der Waals surface area contributed by atoms with E-state index in [-0.39, 0.29) is 0 Å². The normalized spacial score (nSPS) is 14.7. The standard InChI is InChI=1S/C13H21NO/c1-4-9-13(15,5-2)11-7-6-8-12(10-11)14-3/h6-8,10,14-15H,4-5,9H2,1-3H3. The molecule has 0 aliphatic heterocycles. The summed E-state index contributed by atoms with van der Waals surface area (Å²) in [6.07, 6.45) is 2.57. The SMILES string of the molecule is CCCC(O)(CC)c1cccc(NC)c1. The van der Waals surface area contributed by atoms with Crippen LogP contribution < -0.4 is 5.32 Å². The summed E-state index contributed by atoms with van der Waals surface area (Å²) in [5.74, 6) is 0. The monoisotopic (exact) mass is 207 g/mol. The lowest BCUT2D eigenvalue weighted by Gasteiger charge is -2.27. The van der Waals surface area contributed by atoms with Gasteiger partial charge in [0.25, 0.3) is 0 Å². The summed E-state index contributed by atoms with van der Waals surface area (Å²) in [5, 5.41) is 13.6. The number of benzene rings is 1. The van der Waals surface area contributed by atoms with E-state index in [9.17, 15) is 5.11 Å². The van der Waals surface area contributed by atoms with E-state index in [1.807, 2.05) is 38.2 Å². The van der Waals surface area contributed by atoms with Gasteiger partial charge in [0.05, 0.1) is 5.60 Å². The van der Waals surface area contributed by atoms with Crippen LogP contribution in [0.5, 0.6) is 0 Å². The topological polar surface area (TPSA) is 32.3 Å². The summed E-state index contributed by atoms with van der Waals surface area (Å²) in [6.45, 7) is 4.13. The highest BCUT2D eigenvalue weighted by atomic mass is 16.3. The first kappa shape index (κ1) is 12.1. The Bertz CT molecular complexity index is 311. The van der Waals surface area contributed by atoms with Crippen LogP contribution in [0.15, 0.2) is 24.3 Å². The van der Waals surface area contributed by atoms with Crippen LogP contribution in [-0.2, 0) is 5.60 Å². The van der Waals surface area contributed by atoms with Gasteiger partial charge in [0.1, 0.15) is 0 Å². The highest BCUT2D eigenvalue weighted by Gasteiger charge is 2.25. The minimum absolute atomic E-state index is 0.665. The van der Waals surface area contributed by atoms with Crippen LogP contribution in [0.4, 0.5) is 5.69 Å². The van der Waals surface area contributed by atoms with Crippen LogP contribution in [0.3, 0.4) is 0 Å². The molecule has 1 aromatic carbocycles. The van der Waals surface area contributed by atoms with Crippen molar-refractivity contribution in [3.8, 4) is 0 Å². The average molecular weight is 207 g/mol. The maximum absolute atomic E-state index is 10.5. The molecule has 0 bridgehead atoms. The summed E-state index contributed by atoms with van der Waals surface area (Å²) in [5.41, 5.74) is 1.40. The van der Waals surface area contributed by atoms with Gasteiger partial charge in [-0.25, -0.2) is 0 Å². The number of anilines is 1. The summed E-state index contributed by atoms with van der Waals surface area (Å²) in [4.78, 5) is 0. The lowest BCUT2D eigenvalue weighted by atomic mass is 9.87. The maximum atomic E-state index is 10.5. The number of nitrogens with one attached hydrogen (secondary N) is 1. The van der Waals surface area contributed by atoms with Crippen LogP contribution in [0.1, 0.15) is 38.7 Å². The molecule has 84 valence electrons.